The van der Waals surface area contributed by atoms with Crippen LogP contribution in [0, 0.1) is 6.92 Å². The number of aromatic nitrogens is 1. The van der Waals surface area contributed by atoms with Crippen LogP contribution < -0.4 is 10.1 Å². The lowest BCUT2D eigenvalue weighted by atomic mass is 9.99. The fraction of sp³-hybridized carbons (Fsp3) is 0.389. The van der Waals surface area contributed by atoms with Crippen LogP contribution in [0.1, 0.15) is 35.6 Å². The topological polar surface area (TPSA) is 34.1 Å². The molecule has 1 unspecified atom stereocenters. The number of hydrogen-bond donors (Lipinski definition) is 1. The number of para-hydroxylation sites is 1. The van der Waals surface area contributed by atoms with Crippen LogP contribution in [0.4, 0.5) is 0 Å². The Hall–Kier alpha value is -1.87. The number of benzene rings is 1. The molecule has 0 spiro atoms. The van der Waals surface area contributed by atoms with E-state index in [4.69, 9.17) is 4.74 Å². The normalized spacial score (nSPS) is 17.7. The molecule has 0 aliphatic carbocycles. The summed E-state index contributed by atoms with van der Waals surface area (Å²) < 4.78 is 5.93. The second-order valence-electron chi connectivity index (χ2n) is 5.60. The molecule has 1 N–H and O–H groups in total. The average molecular weight is 282 g/mol. The van der Waals surface area contributed by atoms with Gasteiger partial charge in [-0.15, -0.1) is 0 Å². The number of nitrogens with one attached hydrogen (secondary N) is 1. The lowest BCUT2D eigenvalue weighted by Crippen LogP contribution is -2.23. The average Bonchev–Trinajstić information content (AvgIpc) is 2.72. The maximum atomic E-state index is 5.93. The van der Waals surface area contributed by atoms with Crippen molar-refractivity contribution < 1.29 is 4.74 Å². The van der Waals surface area contributed by atoms with Gasteiger partial charge in [-0.1, -0.05) is 18.2 Å². The van der Waals surface area contributed by atoms with E-state index < -0.39 is 0 Å². The minimum Gasteiger partial charge on any atom is -0.493 e. The third-order valence-electron chi connectivity index (χ3n) is 4.06. The minimum absolute atomic E-state index is 0.393. The summed E-state index contributed by atoms with van der Waals surface area (Å²) in [5.74, 6) is 1.08. The van der Waals surface area contributed by atoms with Crippen LogP contribution in [-0.2, 0) is 6.42 Å². The standard InChI is InChI=1S/C18H22N2O/c1-14-4-2-5-16-17(6-3-13-21-18(14)16)20-12-9-15-7-10-19-11-8-15/h2,4-5,7-8,10-11,17,20H,3,6,9,12-13H2,1H3. The highest BCUT2D eigenvalue weighted by Crippen LogP contribution is 2.33. The predicted octanol–water partition coefficient (Wildman–Crippen LogP) is 3.44. The minimum atomic E-state index is 0.393. The highest BCUT2D eigenvalue weighted by Gasteiger charge is 2.20. The number of ether oxygens (including phenoxy) is 1. The molecule has 2 aromatic rings. The fourth-order valence-corrected chi connectivity index (χ4v) is 2.92. The molecular weight excluding hydrogens is 260 g/mol. The number of aryl methyl sites for hydroxylation is 1. The highest BCUT2D eigenvalue weighted by molar-refractivity contribution is 5.43. The van der Waals surface area contributed by atoms with Gasteiger partial charge in [-0.2, -0.15) is 0 Å². The number of pyridine rings is 1. The summed E-state index contributed by atoms with van der Waals surface area (Å²) in [6.07, 6.45) is 6.97. The Morgan fingerprint density at radius 1 is 1.24 bits per heavy atom. The zero-order chi connectivity index (χ0) is 14.5. The Labute approximate surface area is 126 Å². The molecule has 3 heteroatoms. The van der Waals surface area contributed by atoms with Crippen molar-refractivity contribution in [1.82, 2.24) is 10.3 Å². The van der Waals surface area contributed by atoms with Gasteiger partial charge in [0.05, 0.1) is 6.61 Å². The summed E-state index contributed by atoms with van der Waals surface area (Å²) in [5, 5.41) is 3.69. The molecule has 0 saturated heterocycles. The van der Waals surface area contributed by atoms with E-state index in [-0.39, 0.29) is 0 Å². The number of fused-ring (bicyclic) bond motifs is 1. The van der Waals surface area contributed by atoms with Gasteiger partial charge in [0, 0.05) is 24.0 Å². The van der Waals surface area contributed by atoms with Crippen LogP contribution in [0.2, 0.25) is 0 Å². The zero-order valence-electron chi connectivity index (χ0n) is 12.5. The van der Waals surface area contributed by atoms with E-state index in [0.29, 0.717) is 6.04 Å². The summed E-state index contributed by atoms with van der Waals surface area (Å²) in [6, 6.07) is 11.0. The second-order valence-corrected chi connectivity index (χ2v) is 5.60. The molecule has 3 rings (SSSR count). The van der Waals surface area contributed by atoms with Gasteiger partial charge in [0.2, 0.25) is 0 Å². The molecule has 0 radical (unpaired) electrons. The van der Waals surface area contributed by atoms with E-state index in [1.165, 1.54) is 16.7 Å². The Morgan fingerprint density at radius 2 is 2.10 bits per heavy atom. The summed E-state index contributed by atoms with van der Waals surface area (Å²) in [5.41, 5.74) is 3.87. The first-order valence-corrected chi connectivity index (χ1v) is 7.69. The third kappa shape index (κ3) is 3.42. The van der Waals surface area contributed by atoms with Crippen LogP contribution in [0.25, 0.3) is 0 Å². The van der Waals surface area contributed by atoms with E-state index in [1.54, 1.807) is 0 Å². The SMILES string of the molecule is Cc1cccc2c1OCCCC2NCCc1ccncc1. The van der Waals surface area contributed by atoms with Crippen molar-refractivity contribution in [3.63, 3.8) is 0 Å². The molecule has 1 aliphatic heterocycles. The van der Waals surface area contributed by atoms with Crippen molar-refractivity contribution in [3.05, 3.63) is 59.4 Å². The molecule has 21 heavy (non-hydrogen) atoms. The zero-order valence-corrected chi connectivity index (χ0v) is 12.5. The highest BCUT2D eigenvalue weighted by atomic mass is 16.5. The van der Waals surface area contributed by atoms with Crippen LogP contribution in [0.3, 0.4) is 0 Å². The van der Waals surface area contributed by atoms with Gasteiger partial charge >= 0.3 is 0 Å². The quantitative estimate of drug-likeness (QED) is 0.933. The Morgan fingerprint density at radius 3 is 2.95 bits per heavy atom. The van der Waals surface area contributed by atoms with Gasteiger partial charge < -0.3 is 10.1 Å². The molecule has 1 aliphatic rings. The van der Waals surface area contributed by atoms with Gasteiger partial charge in [-0.25, -0.2) is 0 Å². The Balaban J connectivity index is 1.67. The first-order valence-electron chi connectivity index (χ1n) is 7.69. The van der Waals surface area contributed by atoms with Crippen molar-refractivity contribution >= 4 is 0 Å². The van der Waals surface area contributed by atoms with Crippen molar-refractivity contribution in [1.29, 1.82) is 0 Å². The molecule has 0 fully saturated rings. The van der Waals surface area contributed by atoms with E-state index >= 15 is 0 Å². The lowest BCUT2D eigenvalue weighted by Gasteiger charge is -2.19. The largest absolute Gasteiger partial charge is 0.493 e. The maximum Gasteiger partial charge on any atom is 0.126 e. The summed E-state index contributed by atoms with van der Waals surface area (Å²) in [6.45, 7) is 3.92. The molecule has 0 saturated carbocycles. The van der Waals surface area contributed by atoms with E-state index in [0.717, 1.165) is 38.2 Å². The van der Waals surface area contributed by atoms with Crippen molar-refractivity contribution in [3.8, 4) is 5.75 Å². The molecule has 1 atom stereocenters. The van der Waals surface area contributed by atoms with Crippen LogP contribution >= 0.6 is 0 Å². The Bertz CT molecular complexity index is 583. The second kappa shape index (κ2) is 6.72. The summed E-state index contributed by atoms with van der Waals surface area (Å²) in [4.78, 5) is 4.06. The first-order chi connectivity index (χ1) is 10.3. The fourth-order valence-electron chi connectivity index (χ4n) is 2.92. The third-order valence-corrected chi connectivity index (χ3v) is 4.06. The van der Waals surface area contributed by atoms with Gasteiger partial charge in [0.15, 0.2) is 0 Å². The van der Waals surface area contributed by atoms with Gasteiger partial charge in [0.1, 0.15) is 5.75 Å². The van der Waals surface area contributed by atoms with E-state index in [9.17, 15) is 0 Å². The number of rotatable bonds is 4. The van der Waals surface area contributed by atoms with Crippen molar-refractivity contribution in [2.45, 2.75) is 32.2 Å². The van der Waals surface area contributed by atoms with E-state index in [1.807, 2.05) is 12.4 Å². The smallest absolute Gasteiger partial charge is 0.126 e. The molecular formula is C18H22N2O. The van der Waals surface area contributed by atoms with Crippen LogP contribution in [0.15, 0.2) is 42.7 Å². The lowest BCUT2D eigenvalue weighted by molar-refractivity contribution is 0.313. The number of hydrogen-bond acceptors (Lipinski definition) is 3. The number of nitrogens with zero attached hydrogens (tertiary/aromatic N) is 1. The Kier molecular flexibility index (Phi) is 4.51. The van der Waals surface area contributed by atoms with Gasteiger partial charge in [-0.05, 0) is 56.0 Å². The maximum absolute atomic E-state index is 5.93. The molecule has 110 valence electrons. The van der Waals surface area contributed by atoms with Crippen molar-refractivity contribution in [2.24, 2.45) is 0 Å². The van der Waals surface area contributed by atoms with Gasteiger partial charge in [-0.3, -0.25) is 4.98 Å². The summed E-state index contributed by atoms with van der Waals surface area (Å²) >= 11 is 0. The molecule has 2 heterocycles. The van der Waals surface area contributed by atoms with Crippen molar-refractivity contribution in [2.75, 3.05) is 13.2 Å². The van der Waals surface area contributed by atoms with E-state index in [2.05, 4.69) is 47.6 Å². The molecule has 0 bridgehead atoms. The molecule has 1 aromatic carbocycles. The molecule has 0 amide bonds. The predicted molar refractivity (Wildman–Crippen MR) is 84.6 cm³/mol. The van der Waals surface area contributed by atoms with Crippen LogP contribution in [0.5, 0.6) is 5.75 Å². The summed E-state index contributed by atoms with van der Waals surface area (Å²) in [7, 11) is 0. The van der Waals surface area contributed by atoms with Crippen LogP contribution in [-0.4, -0.2) is 18.1 Å². The monoisotopic (exact) mass is 282 g/mol. The van der Waals surface area contributed by atoms with Gasteiger partial charge in [0.25, 0.3) is 0 Å². The molecule has 1 aromatic heterocycles. The first kappa shape index (κ1) is 14.1. The molecule has 3 nitrogen and oxygen atoms in total.